The van der Waals surface area contributed by atoms with E-state index < -0.39 is 5.97 Å². The largest absolute Gasteiger partial charge is 0.478 e. The Morgan fingerprint density at radius 2 is 1.91 bits per heavy atom. The molecule has 0 saturated carbocycles. The van der Waals surface area contributed by atoms with Gasteiger partial charge in [-0.3, -0.25) is 4.40 Å². The third-order valence-corrected chi connectivity index (χ3v) is 6.90. The van der Waals surface area contributed by atoms with E-state index >= 15 is 0 Å². The smallest absolute Gasteiger partial charge is 0.337 e. The number of aryl methyl sites for hydroxylation is 1. The first-order valence-electron chi connectivity index (χ1n) is 11.7. The Morgan fingerprint density at radius 1 is 1.18 bits per heavy atom. The zero-order valence-electron chi connectivity index (χ0n) is 20.0. The monoisotopic (exact) mass is 458 g/mol. The lowest BCUT2D eigenvalue weighted by atomic mass is 9.83. The maximum atomic E-state index is 11.7. The average Bonchev–Trinajstić information content (AvgIpc) is 3.29. The van der Waals surface area contributed by atoms with Gasteiger partial charge in [-0.05, 0) is 55.9 Å². The van der Waals surface area contributed by atoms with Gasteiger partial charge in [-0.25, -0.2) is 9.78 Å². The number of hydrogen-bond donors (Lipinski definition) is 2. The molecule has 1 unspecified atom stereocenters. The van der Waals surface area contributed by atoms with Crippen molar-refractivity contribution in [3.63, 3.8) is 0 Å². The first kappa shape index (κ1) is 22.1. The molecule has 0 bridgehead atoms. The minimum atomic E-state index is -0.956. The van der Waals surface area contributed by atoms with Crippen LogP contribution in [-0.2, 0) is 0 Å². The minimum Gasteiger partial charge on any atom is -0.478 e. The SMILES string of the molecule is Cc1cc(C(C)Nc2ccccc2C(=O)O)c2nc(N3CCC(C)(C)CC3)n3cnnc3c2c1. The van der Waals surface area contributed by atoms with Crippen LogP contribution in [0.1, 0.15) is 61.1 Å². The third kappa shape index (κ3) is 3.93. The van der Waals surface area contributed by atoms with Crippen LogP contribution in [-0.4, -0.2) is 43.7 Å². The average molecular weight is 459 g/mol. The van der Waals surface area contributed by atoms with Gasteiger partial charge < -0.3 is 15.3 Å². The van der Waals surface area contributed by atoms with Gasteiger partial charge in [-0.1, -0.05) is 32.0 Å². The number of piperidine rings is 1. The Bertz CT molecular complexity index is 1380. The molecule has 1 aliphatic rings. The molecule has 8 nitrogen and oxygen atoms in total. The molecule has 1 atom stereocenters. The molecule has 1 saturated heterocycles. The molecule has 0 radical (unpaired) electrons. The van der Waals surface area contributed by atoms with E-state index in [1.165, 1.54) is 0 Å². The van der Waals surface area contributed by atoms with E-state index in [0.29, 0.717) is 11.1 Å². The molecule has 8 heteroatoms. The standard InChI is InChI=1S/C26H30N6O2/c1-16-13-19(17(2)28-21-8-6-5-7-18(21)24(33)34)22-20(14-16)23-30-27-15-32(23)25(29-22)31-11-9-26(3,4)10-12-31/h5-8,13-15,17,28H,9-12H2,1-4H3,(H,33,34). The molecule has 2 aromatic carbocycles. The van der Waals surface area contributed by atoms with E-state index in [-0.39, 0.29) is 11.6 Å². The summed E-state index contributed by atoms with van der Waals surface area (Å²) in [6.45, 7) is 10.6. The highest BCUT2D eigenvalue weighted by molar-refractivity contribution is 5.96. The highest BCUT2D eigenvalue weighted by Crippen LogP contribution is 2.35. The summed E-state index contributed by atoms with van der Waals surface area (Å²) in [4.78, 5) is 19.2. The second-order valence-electron chi connectivity index (χ2n) is 10.1. The normalized spacial score (nSPS) is 16.6. The van der Waals surface area contributed by atoms with Gasteiger partial charge >= 0.3 is 5.97 Å². The third-order valence-electron chi connectivity index (χ3n) is 6.90. The van der Waals surface area contributed by atoms with E-state index in [2.05, 4.69) is 46.4 Å². The molecule has 1 aliphatic heterocycles. The number of carbonyl (C=O) groups is 1. The van der Waals surface area contributed by atoms with Gasteiger partial charge in [0.15, 0.2) is 5.65 Å². The van der Waals surface area contributed by atoms with E-state index in [4.69, 9.17) is 4.98 Å². The molecule has 3 heterocycles. The fourth-order valence-electron chi connectivity index (χ4n) is 4.79. The predicted octanol–water partition coefficient (Wildman–Crippen LogP) is 5.08. The lowest BCUT2D eigenvalue weighted by Gasteiger charge is -2.37. The zero-order valence-corrected chi connectivity index (χ0v) is 20.0. The lowest BCUT2D eigenvalue weighted by molar-refractivity contribution is 0.0698. The summed E-state index contributed by atoms with van der Waals surface area (Å²) in [7, 11) is 0. The number of carboxylic acids is 1. The van der Waals surface area contributed by atoms with E-state index in [1.54, 1.807) is 24.5 Å². The van der Waals surface area contributed by atoms with E-state index in [1.807, 2.05) is 24.3 Å². The molecule has 0 amide bonds. The second-order valence-corrected chi connectivity index (χ2v) is 10.1. The van der Waals surface area contributed by atoms with Crippen molar-refractivity contribution in [2.45, 2.75) is 46.6 Å². The molecular weight excluding hydrogens is 428 g/mol. The van der Waals surface area contributed by atoms with Gasteiger partial charge in [-0.2, -0.15) is 0 Å². The Kier molecular flexibility index (Phi) is 5.38. The van der Waals surface area contributed by atoms with Crippen molar-refractivity contribution in [1.82, 2.24) is 19.6 Å². The van der Waals surface area contributed by atoms with E-state index in [0.717, 1.165) is 59.6 Å². The molecule has 1 fully saturated rings. The van der Waals surface area contributed by atoms with Crippen molar-refractivity contribution < 1.29 is 9.90 Å². The van der Waals surface area contributed by atoms with Crippen LogP contribution in [0.2, 0.25) is 0 Å². The molecule has 0 spiro atoms. The van der Waals surface area contributed by atoms with Crippen molar-refractivity contribution in [3.8, 4) is 0 Å². The van der Waals surface area contributed by atoms with Crippen LogP contribution in [0.4, 0.5) is 11.6 Å². The number of benzene rings is 2. The maximum Gasteiger partial charge on any atom is 0.337 e. The number of fused-ring (bicyclic) bond motifs is 3. The Hall–Kier alpha value is -3.68. The van der Waals surface area contributed by atoms with Crippen LogP contribution in [0.25, 0.3) is 16.6 Å². The van der Waals surface area contributed by atoms with Gasteiger partial charge in [0.1, 0.15) is 6.33 Å². The molecule has 4 aromatic rings. The maximum absolute atomic E-state index is 11.7. The Morgan fingerprint density at radius 3 is 2.65 bits per heavy atom. The van der Waals surface area contributed by atoms with Crippen LogP contribution in [0.3, 0.4) is 0 Å². The second kappa shape index (κ2) is 8.27. The number of hydrogen-bond acceptors (Lipinski definition) is 6. The number of rotatable bonds is 5. The molecular formula is C26H30N6O2. The fourth-order valence-corrected chi connectivity index (χ4v) is 4.79. The molecule has 34 heavy (non-hydrogen) atoms. The molecule has 5 rings (SSSR count). The summed E-state index contributed by atoms with van der Waals surface area (Å²) in [6.07, 6.45) is 3.94. The summed E-state index contributed by atoms with van der Waals surface area (Å²) < 4.78 is 1.99. The predicted molar refractivity (Wildman–Crippen MR) is 134 cm³/mol. The lowest BCUT2D eigenvalue weighted by Crippen LogP contribution is -2.38. The summed E-state index contributed by atoms with van der Waals surface area (Å²) >= 11 is 0. The zero-order chi connectivity index (χ0) is 24.0. The van der Waals surface area contributed by atoms with Crippen LogP contribution >= 0.6 is 0 Å². The van der Waals surface area contributed by atoms with Crippen molar-refractivity contribution in [3.05, 3.63) is 59.4 Å². The Balaban J connectivity index is 1.62. The van der Waals surface area contributed by atoms with Crippen molar-refractivity contribution in [1.29, 1.82) is 0 Å². The topological polar surface area (TPSA) is 95.6 Å². The number of aromatic nitrogens is 4. The number of carboxylic acid groups (broad SMARTS) is 1. The highest BCUT2D eigenvalue weighted by Gasteiger charge is 2.28. The van der Waals surface area contributed by atoms with E-state index in [9.17, 15) is 9.90 Å². The van der Waals surface area contributed by atoms with Gasteiger partial charge in [-0.15, -0.1) is 10.2 Å². The van der Waals surface area contributed by atoms with Crippen molar-refractivity contribution >= 4 is 34.2 Å². The van der Waals surface area contributed by atoms with Crippen LogP contribution in [0.5, 0.6) is 0 Å². The van der Waals surface area contributed by atoms with Gasteiger partial charge in [0.25, 0.3) is 0 Å². The quantitative estimate of drug-likeness (QED) is 0.430. The van der Waals surface area contributed by atoms with Gasteiger partial charge in [0, 0.05) is 29.7 Å². The van der Waals surface area contributed by atoms with Crippen molar-refractivity contribution in [2.75, 3.05) is 23.3 Å². The number of nitrogens with one attached hydrogen (secondary N) is 1. The number of aromatic carboxylic acids is 1. The summed E-state index contributed by atoms with van der Waals surface area (Å²) in [6, 6.07) is 11.0. The number of nitrogens with zero attached hydrogens (tertiary/aromatic N) is 5. The van der Waals surface area contributed by atoms with Crippen LogP contribution < -0.4 is 10.2 Å². The summed E-state index contributed by atoms with van der Waals surface area (Å²) in [5, 5.41) is 22.6. The number of anilines is 2. The summed E-state index contributed by atoms with van der Waals surface area (Å²) in [5.41, 5.74) is 4.89. The van der Waals surface area contributed by atoms with Gasteiger partial charge in [0.05, 0.1) is 17.1 Å². The molecule has 2 aromatic heterocycles. The van der Waals surface area contributed by atoms with Crippen LogP contribution in [0.15, 0.2) is 42.7 Å². The molecule has 2 N–H and O–H groups in total. The summed E-state index contributed by atoms with van der Waals surface area (Å²) in [5.74, 6) is -0.103. The molecule has 0 aliphatic carbocycles. The molecule has 176 valence electrons. The van der Waals surface area contributed by atoms with Crippen LogP contribution in [0, 0.1) is 12.3 Å². The first-order chi connectivity index (χ1) is 16.2. The number of para-hydroxylation sites is 1. The van der Waals surface area contributed by atoms with Gasteiger partial charge in [0.2, 0.25) is 5.95 Å². The minimum absolute atomic E-state index is 0.172. The first-order valence-corrected chi connectivity index (χ1v) is 11.7. The Labute approximate surface area is 198 Å². The van der Waals surface area contributed by atoms with Crippen molar-refractivity contribution in [2.24, 2.45) is 5.41 Å². The highest BCUT2D eigenvalue weighted by atomic mass is 16.4. The fraction of sp³-hybridized carbons (Fsp3) is 0.385.